The number of phenolic OH excluding ortho intramolecular Hbond substituents is 1. The van der Waals surface area contributed by atoms with Gasteiger partial charge < -0.3 is 15.2 Å². The summed E-state index contributed by atoms with van der Waals surface area (Å²) in [5.74, 6) is -1.38. The fourth-order valence-corrected chi connectivity index (χ4v) is 2.64. The van der Waals surface area contributed by atoms with E-state index in [9.17, 15) is 19.1 Å². The van der Waals surface area contributed by atoms with Crippen LogP contribution in [0.15, 0.2) is 30.4 Å². The van der Waals surface area contributed by atoms with Crippen molar-refractivity contribution >= 4 is 23.5 Å². The van der Waals surface area contributed by atoms with E-state index in [0.29, 0.717) is 24.1 Å². The number of Topliss-reactive ketones (excluding diaryl/α,β-unsaturated/α-hetero) is 1. The van der Waals surface area contributed by atoms with Gasteiger partial charge in [-0.1, -0.05) is 12.2 Å². The van der Waals surface area contributed by atoms with Crippen LogP contribution in [-0.4, -0.2) is 35.7 Å². The van der Waals surface area contributed by atoms with E-state index in [-0.39, 0.29) is 30.4 Å². The third kappa shape index (κ3) is 5.44. The van der Waals surface area contributed by atoms with Gasteiger partial charge in [-0.05, 0) is 50.5 Å². The fourth-order valence-electron chi connectivity index (χ4n) is 2.64. The molecular formula is C20H24FNO4. The minimum atomic E-state index is -1.69. The van der Waals surface area contributed by atoms with Gasteiger partial charge >= 0.3 is 5.97 Å². The number of esters is 1. The number of ketones is 1. The molecule has 2 N–H and O–H groups in total. The Balaban J connectivity index is 2.35. The lowest BCUT2D eigenvalue weighted by Crippen LogP contribution is -2.14. The Kier molecular flexibility index (Phi) is 6.95. The van der Waals surface area contributed by atoms with Gasteiger partial charge in [0.1, 0.15) is 17.9 Å². The predicted molar refractivity (Wildman–Crippen MR) is 99.1 cm³/mol. The summed E-state index contributed by atoms with van der Waals surface area (Å²) in [5.41, 5.74) is 1.27. The third-order valence-electron chi connectivity index (χ3n) is 3.82. The molecule has 6 heteroatoms. The zero-order valence-electron chi connectivity index (χ0n) is 15.0. The highest BCUT2D eigenvalue weighted by Crippen LogP contribution is 2.29. The number of benzene rings is 1. The van der Waals surface area contributed by atoms with Crippen molar-refractivity contribution in [1.82, 2.24) is 0 Å². The minimum Gasteiger partial charge on any atom is -0.507 e. The molecule has 0 radical (unpaired) electrons. The van der Waals surface area contributed by atoms with Crippen molar-refractivity contribution in [1.29, 1.82) is 0 Å². The first-order chi connectivity index (χ1) is 12.4. The largest absolute Gasteiger partial charge is 0.507 e. The maximum atomic E-state index is 13.7. The highest BCUT2D eigenvalue weighted by atomic mass is 19.1. The summed E-state index contributed by atoms with van der Waals surface area (Å²) in [7, 11) is 0. The van der Waals surface area contributed by atoms with Gasteiger partial charge in [0.05, 0.1) is 0 Å². The molecule has 2 rings (SSSR count). The average molecular weight is 361 g/mol. The second-order valence-corrected chi connectivity index (χ2v) is 6.45. The maximum absolute atomic E-state index is 13.7. The molecule has 5 nitrogen and oxygen atoms in total. The molecule has 1 atom stereocenters. The Bertz CT molecular complexity index is 725. The number of nitrogens with one attached hydrogen (secondary N) is 1. The van der Waals surface area contributed by atoms with Gasteiger partial charge in [0.25, 0.3) is 0 Å². The molecule has 0 aliphatic carbocycles. The van der Waals surface area contributed by atoms with Gasteiger partial charge in [-0.25, -0.2) is 9.18 Å². The molecule has 0 aromatic heterocycles. The first-order valence-electron chi connectivity index (χ1n) is 8.69. The topological polar surface area (TPSA) is 75.6 Å². The number of fused-ring (bicyclic) bond motifs is 1. The number of cyclic esters (lactones) is 1. The maximum Gasteiger partial charge on any atom is 0.342 e. The van der Waals surface area contributed by atoms with Crippen LogP contribution in [0.1, 0.15) is 49.0 Å². The molecule has 0 bridgehead atoms. The van der Waals surface area contributed by atoms with Crippen molar-refractivity contribution in [2.45, 2.75) is 45.3 Å². The number of hydrogen-bond acceptors (Lipinski definition) is 5. The number of hydrogen-bond donors (Lipinski definition) is 2. The monoisotopic (exact) mass is 361 g/mol. The molecule has 1 aliphatic rings. The number of carbonyl (C=O) groups is 2. The van der Waals surface area contributed by atoms with Crippen LogP contribution in [0.2, 0.25) is 0 Å². The van der Waals surface area contributed by atoms with Crippen LogP contribution in [0.5, 0.6) is 5.75 Å². The van der Waals surface area contributed by atoms with E-state index in [1.165, 1.54) is 12.1 Å². The van der Waals surface area contributed by atoms with E-state index < -0.39 is 17.9 Å². The van der Waals surface area contributed by atoms with Crippen LogP contribution in [0.3, 0.4) is 0 Å². The van der Waals surface area contributed by atoms with Crippen LogP contribution in [0, 0.1) is 0 Å². The van der Waals surface area contributed by atoms with Crippen LogP contribution >= 0.6 is 0 Å². The number of phenols is 1. The zero-order chi connectivity index (χ0) is 19.1. The summed E-state index contributed by atoms with van der Waals surface area (Å²) in [5, 5.41) is 13.5. The summed E-state index contributed by atoms with van der Waals surface area (Å²) < 4.78 is 18.7. The van der Waals surface area contributed by atoms with E-state index in [4.69, 9.17) is 4.74 Å². The first-order valence-corrected chi connectivity index (χ1v) is 8.69. The fraction of sp³-hybridized carbons (Fsp3) is 0.400. The number of alkyl halides is 1. The molecule has 1 aromatic rings. The lowest BCUT2D eigenvalue weighted by atomic mass is 10.0. The van der Waals surface area contributed by atoms with Crippen LogP contribution < -0.4 is 5.32 Å². The smallest absolute Gasteiger partial charge is 0.342 e. The van der Waals surface area contributed by atoms with Gasteiger partial charge in [0, 0.05) is 24.2 Å². The molecule has 0 amide bonds. The average Bonchev–Trinajstić information content (AvgIpc) is 2.56. The first kappa shape index (κ1) is 19.7. The standard InChI is InChI=1S/C20H24FNO4/c1-13(2)22-15-11-14-7-4-3-5-9-17(23)16(21)8-6-10-26-20(25)19(14)18(24)12-15/h4,6-8,11-13,16,22,24H,3,5,9-10H2,1-2H3. The molecule has 0 spiro atoms. The Morgan fingerprint density at radius 2 is 2.04 bits per heavy atom. The quantitative estimate of drug-likeness (QED) is 0.614. The molecule has 1 unspecified atom stereocenters. The molecular weight excluding hydrogens is 337 g/mol. The molecule has 0 saturated heterocycles. The second-order valence-electron chi connectivity index (χ2n) is 6.45. The Morgan fingerprint density at radius 1 is 1.27 bits per heavy atom. The predicted octanol–water partition coefficient (Wildman–Crippen LogP) is 4.03. The number of rotatable bonds is 2. The normalized spacial score (nSPS) is 19.0. The number of halogens is 1. The van der Waals surface area contributed by atoms with E-state index in [1.807, 2.05) is 13.8 Å². The van der Waals surface area contributed by atoms with Gasteiger partial charge in [-0.2, -0.15) is 0 Å². The molecule has 140 valence electrons. The van der Waals surface area contributed by atoms with Crippen LogP contribution in [0.4, 0.5) is 10.1 Å². The lowest BCUT2D eigenvalue weighted by Gasteiger charge is -2.14. The van der Waals surface area contributed by atoms with E-state index in [1.54, 1.807) is 18.2 Å². The highest BCUT2D eigenvalue weighted by molar-refractivity contribution is 5.97. The molecule has 1 aromatic carbocycles. The molecule has 26 heavy (non-hydrogen) atoms. The van der Waals surface area contributed by atoms with Gasteiger partial charge in [-0.15, -0.1) is 0 Å². The van der Waals surface area contributed by atoms with Crippen molar-refractivity contribution in [3.05, 3.63) is 41.5 Å². The number of anilines is 1. The van der Waals surface area contributed by atoms with Crippen molar-refractivity contribution in [2.24, 2.45) is 0 Å². The molecule has 1 aliphatic heterocycles. The Hall–Kier alpha value is -2.63. The Labute approximate surface area is 152 Å². The third-order valence-corrected chi connectivity index (χ3v) is 3.82. The molecule has 0 saturated carbocycles. The SMILES string of the molecule is CC(C)Nc1cc(O)c2c(c1)C=CCCCC(=O)C(F)C=CCOC2=O. The van der Waals surface area contributed by atoms with Crippen molar-refractivity contribution < 1.29 is 23.8 Å². The van der Waals surface area contributed by atoms with Crippen LogP contribution in [-0.2, 0) is 9.53 Å². The number of carbonyl (C=O) groups excluding carboxylic acids is 2. The zero-order valence-corrected chi connectivity index (χ0v) is 15.0. The van der Waals surface area contributed by atoms with Crippen molar-refractivity contribution in [3.8, 4) is 5.75 Å². The summed E-state index contributed by atoms with van der Waals surface area (Å²) in [6, 6.07) is 3.40. The van der Waals surface area contributed by atoms with Gasteiger partial charge in [-0.3, -0.25) is 4.79 Å². The molecule has 0 fully saturated rings. The number of allylic oxidation sites excluding steroid dienone is 2. The number of ether oxygens (including phenoxy) is 1. The Morgan fingerprint density at radius 3 is 2.77 bits per heavy atom. The van der Waals surface area contributed by atoms with Gasteiger partial charge in [0.15, 0.2) is 12.0 Å². The van der Waals surface area contributed by atoms with Crippen molar-refractivity contribution in [2.75, 3.05) is 11.9 Å². The minimum absolute atomic E-state index is 0.0638. The summed E-state index contributed by atoms with van der Waals surface area (Å²) in [6.45, 7) is 3.75. The highest BCUT2D eigenvalue weighted by Gasteiger charge is 2.19. The van der Waals surface area contributed by atoms with E-state index in [2.05, 4.69) is 5.32 Å². The summed E-state index contributed by atoms with van der Waals surface area (Å²) >= 11 is 0. The molecule has 1 heterocycles. The van der Waals surface area contributed by atoms with Crippen LogP contribution in [0.25, 0.3) is 6.08 Å². The van der Waals surface area contributed by atoms with Gasteiger partial charge in [0.2, 0.25) is 0 Å². The van der Waals surface area contributed by atoms with E-state index >= 15 is 0 Å². The second kappa shape index (κ2) is 9.17. The summed E-state index contributed by atoms with van der Waals surface area (Å²) in [4.78, 5) is 24.0. The van der Waals surface area contributed by atoms with Crippen molar-refractivity contribution in [3.63, 3.8) is 0 Å². The number of aromatic hydroxyl groups is 1. The summed E-state index contributed by atoms with van der Waals surface area (Å²) in [6.07, 6.45) is 5.42. The lowest BCUT2D eigenvalue weighted by molar-refractivity contribution is -0.122. The van der Waals surface area contributed by atoms with E-state index in [0.717, 1.165) is 6.08 Å².